The third-order valence-corrected chi connectivity index (χ3v) is 4.15. The van der Waals surface area contributed by atoms with E-state index in [1.54, 1.807) is 0 Å². The molecule has 0 spiro atoms. The van der Waals surface area contributed by atoms with Gasteiger partial charge in [0, 0.05) is 36.8 Å². The SMILES string of the molecule is CC1CN(C2CC2)CC1NC(=O)c1cc(F)cc(F)c1. The topological polar surface area (TPSA) is 32.3 Å². The normalized spacial score (nSPS) is 26.8. The van der Waals surface area contributed by atoms with Gasteiger partial charge >= 0.3 is 0 Å². The lowest BCUT2D eigenvalue weighted by atomic mass is 10.1. The number of rotatable bonds is 3. The molecule has 1 amide bonds. The molecule has 2 atom stereocenters. The van der Waals surface area contributed by atoms with Gasteiger partial charge < -0.3 is 5.32 Å². The number of carbonyl (C=O) groups is 1. The molecule has 1 saturated carbocycles. The molecule has 1 aliphatic carbocycles. The molecule has 108 valence electrons. The van der Waals surface area contributed by atoms with Gasteiger partial charge in [-0.2, -0.15) is 0 Å². The van der Waals surface area contributed by atoms with E-state index in [0.717, 1.165) is 31.3 Å². The Morgan fingerprint density at radius 2 is 1.85 bits per heavy atom. The summed E-state index contributed by atoms with van der Waals surface area (Å²) in [6, 6.07) is 3.62. The first-order valence-corrected chi connectivity index (χ1v) is 7.04. The van der Waals surface area contributed by atoms with Crippen LogP contribution in [-0.4, -0.2) is 36.0 Å². The van der Waals surface area contributed by atoms with E-state index in [1.165, 1.54) is 12.8 Å². The van der Waals surface area contributed by atoms with Crippen LogP contribution in [0.5, 0.6) is 0 Å². The first-order valence-electron chi connectivity index (χ1n) is 7.04. The first-order chi connectivity index (χ1) is 9.52. The highest BCUT2D eigenvalue weighted by atomic mass is 19.1. The zero-order valence-corrected chi connectivity index (χ0v) is 11.4. The number of nitrogens with one attached hydrogen (secondary N) is 1. The largest absolute Gasteiger partial charge is 0.348 e. The van der Waals surface area contributed by atoms with E-state index in [9.17, 15) is 13.6 Å². The Morgan fingerprint density at radius 1 is 1.20 bits per heavy atom. The number of amides is 1. The highest BCUT2D eigenvalue weighted by Crippen LogP contribution is 2.31. The number of halogens is 2. The molecule has 3 rings (SSSR count). The van der Waals surface area contributed by atoms with Crippen molar-refractivity contribution in [2.45, 2.75) is 31.8 Å². The highest BCUT2D eigenvalue weighted by molar-refractivity contribution is 5.94. The molecule has 1 N–H and O–H groups in total. The van der Waals surface area contributed by atoms with E-state index >= 15 is 0 Å². The predicted molar refractivity (Wildman–Crippen MR) is 71.4 cm³/mol. The molecule has 1 heterocycles. The van der Waals surface area contributed by atoms with Crippen molar-refractivity contribution in [2.75, 3.05) is 13.1 Å². The summed E-state index contributed by atoms with van der Waals surface area (Å²) in [5.41, 5.74) is 0.0413. The van der Waals surface area contributed by atoms with E-state index in [-0.39, 0.29) is 11.6 Å². The van der Waals surface area contributed by atoms with Crippen LogP contribution in [0.15, 0.2) is 18.2 Å². The van der Waals surface area contributed by atoms with Crippen molar-refractivity contribution >= 4 is 5.91 Å². The van der Waals surface area contributed by atoms with E-state index < -0.39 is 17.5 Å². The van der Waals surface area contributed by atoms with Gasteiger partial charge in [-0.05, 0) is 30.9 Å². The Hall–Kier alpha value is -1.49. The summed E-state index contributed by atoms with van der Waals surface area (Å²) < 4.78 is 26.3. The van der Waals surface area contributed by atoms with E-state index in [2.05, 4.69) is 17.1 Å². The van der Waals surface area contributed by atoms with Crippen LogP contribution < -0.4 is 5.32 Å². The number of carbonyl (C=O) groups excluding carboxylic acids is 1. The summed E-state index contributed by atoms with van der Waals surface area (Å²) in [6.07, 6.45) is 2.48. The minimum Gasteiger partial charge on any atom is -0.348 e. The molecule has 2 unspecified atom stereocenters. The zero-order valence-electron chi connectivity index (χ0n) is 11.4. The summed E-state index contributed by atoms with van der Waals surface area (Å²) in [5, 5.41) is 2.90. The Kier molecular flexibility index (Phi) is 3.46. The van der Waals surface area contributed by atoms with Crippen LogP contribution in [0.4, 0.5) is 8.78 Å². The third kappa shape index (κ3) is 2.82. The van der Waals surface area contributed by atoms with Gasteiger partial charge in [0.2, 0.25) is 0 Å². The number of hydrogen-bond donors (Lipinski definition) is 1. The van der Waals surface area contributed by atoms with Crippen molar-refractivity contribution in [1.82, 2.24) is 10.2 Å². The van der Waals surface area contributed by atoms with Crippen molar-refractivity contribution in [3.05, 3.63) is 35.4 Å². The van der Waals surface area contributed by atoms with Crippen LogP contribution in [0.25, 0.3) is 0 Å². The van der Waals surface area contributed by atoms with Crippen molar-refractivity contribution in [3.8, 4) is 0 Å². The lowest BCUT2D eigenvalue weighted by molar-refractivity contribution is 0.0930. The van der Waals surface area contributed by atoms with Crippen LogP contribution in [0.1, 0.15) is 30.1 Å². The molecule has 0 bridgehead atoms. The van der Waals surface area contributed by atoms with Gasteiger partial charge in [0.25, 0.3) is 5.91 Å². The van der Waals surface area contributed by atoms with Crippen molar-refractivity contribution in [1.29, 1.82) is 0 Å². The van der Waals surface area contributed by atoms with Gasteiger partial charge in [0.15, 0.2) is 0 Å². The Balaban J connectivity index is 1.66. The first kappa shape index (κ1) is 13.5. The van der Waals surface area contributed by atoms with Gasteiger partial charge in [-0.3, -0.25) is 9.69 Å². The Labute approximate surface area is 117 Å². The molecule has 0 aromatic heterocycles. The summed E-state index contributed by atoms with van der Waals surface area (Å²) in [6.45, 7) is 3.90. The molecule has 2 fully saturated rings. The minimum absolute atomic E-state index is 0.0413. The third-order valence-electron chi connectivity index (χ3n) is 4.15. The Bertz CT molecular complexity index is 510. The number of benzene rings is 1. The van der Waals surface area contributed by atoms with Crippen molar-refractivity contribution < 1.29 is 13.6 Å². The number of nitrogens with zero attached hydrogens (tertiary/aromatic N) is 1. The molecule has 1 aliphatic heterocycles. The van der Waals surface area contributed by atoms with Gasteiger partial charge in [-0.1, -0.05) is 6.92 Å². The second-order valence-electron chi connectivity index (χ2n) is 5.90. The van der Waals surface area contributed by atoms with E-state index in [1.807, 2.05) is 0 Å². The van der Waals surface area contributed by atoms with Crippen LogP contribution in [0.2, 0.25) is 0 Å². The fourth-order valence-corrected chi connectivity index (χ4v) is 2.87. The Morgan fingerprint density at radius 3 is 2.45 bits per heavy atom. The molecule has 3 nitrogen and oxygen atoms in total. The van der Waals surface area contributed by atoms with Gasteiger partial charge in [0.05, 0.1) is 0 Å². The average Bonchev–Trinajstić information content (AvgIpc) is 3.14. The smallest absolute Gasteiger partial charge is 0.251 e. The van der Waals surface area contributed by atoms with Crippen LogP contribution in [0, 0.1) is 17.6 Å². The molecule has 5 heteroatoms. The average molecular weight is 280 g/mol. The number of hydrogen-bond acceptors (Lipinski definition) is 2. The summed E-state index contributed by atoms with van der Waals surface area (Å²) in [5.74, 6) is -1.50. The molecule has 0 radical (unpaired) electrons. The lowest BCUT2D eigenvalue weighted by Gasteiger charge is -2.17. The fraction of sp³-hybridized carbons (Fsp3) is 0.533. The second kappa shape index (κ2) is 5.13. The standard InChI is InChI=1S/C15H18F2N2O/c1-9-7-19(13-2-3-13)8-14(9)18-15(20)10-4-11(16)6-12(17)5-10/h4-6,9,13-14H,2-3,7-8H2,1H3,(H,18,20). The molecule has 1 aromatic carbocycles. The van der Waals surface area contributed by atoms with Crippen molar-refractivity contribution in [3.63, 3.8) is 0 Å². The summed E-state index contributed by atoms with van der Waals surface area (Å²) in [7, 11) is 0. The molecule has 1 aromatic rings. The maximum absolute atomic E-state index is 13.1. The summed E-state index contributed by atoms with van der Waals surface area (Å²) in [4.78, 5) is 14.5. The van der Waals surface area contributed by atoms with E-state index in [4.69, 9.17) is 0 Å². The van der Waals surface area contributed by atoms with Gasteiger partial charge in [0.1, 0.15) is 11.6 Å². The maximum atomic E-state index is 13.1. The fourth-order valence-electron chi connectivity index (χ4n) is 2.87. The van der Waals surface area contributed by atoms with Crippen LogP contribution in [0.3, 0.4) is 0 Å². The molecule has 20 heavy (non-hydrogen) atoms. The van der Waals surface area contributed by atoms with E-state index in [0.29, 0.717) is 12.0 Å². The zero-order chi connectivity index (χ0) is 14.3. The monoisotopic (exact) mass is 280 g/mol. The number of likely N-dealkylation sites (tertiary alicyclic amines) is 1. The molecular weight excluding hydrogens is 262 g/mol. The van der Waals surface area contributed by atoms with Crippen LogP contribution >= 0.6 is 0 Å². The van der Waals surface area contributed by atoms with Crippen LogP contribution in [-0.2, 0) is 0 Å². The van der Waals surface area contributed by atoms with Gasteiger partial charge in [-0.25, -0.2) is 8.78 Å². The quantitative estimate of drug-likeness (QED) is 0.920. The van der Waals surface area contributed by atoms with Crippen molar-refractivity contribution in [2.24, 2.45) is 5.92 Å². The lowest BCUT2D eigenvalue weighted by Crippen LogP contribution is -2.40. The predicted octanol–water partition coefficient (Wildman–Crippen LogP) is 2.18. The van der Waals surface area contributed by atoms with Gasteiger partial charge in [-0.15, -0.1) is 0 Å². The molecule has 2 aliphatic rings. The molecule has 1 saturated heterocycles. The maximum Gasteiger partial charge on any atom is 0.251 e. The molecular formula is C15H18F2N2O. The minimum atomic E-state index is -0.728. The highest BCUT2D eigenvalue weighted by Gasteiger charge is 2.38. The summed E-state index contributed by atoms with van der Waals surface area (Å²) >= 11 is 0. The second-order valence-corrected chi connectivity index (χ2v) is 5.90.